The molecule has 1 atom stereocenters. The maximum Gasteiger partial charge on any atom is 0.408 e. The Morgan fingerprint density at radius 1 is 1.03 bits per heavy atom. The first-order chi connectivity index (χ1) is 14.6. The molecule has 0 radical (unpaired) electrons. The number of nitrogens with one attached hydrogen (secondary N) is 2. The van der Waals surface area contributed by atoms with E-state index in [4.69, 9.17) is 14.2 Å². The Hall–Kier alpha value is -2.77. The van der Waals surface area contributed by atoms with Crippen LogP contribution in [0.3, 0.4) is 0 Å². The fourth-order valence-corrected chi connectivity index (χ4v) is 3.71. The highest BCUT2D eigenvalue weighted by Gasteiger charge is 2.43. The second-order valence-electron chi connectivity index (χ2n) is 8.87. The number of carbonyl (C=O) groups excluding carboxylic acids is 3. The van der Waals surface area contributed by atoms with Crippen LogP contribution >= 0.6 is 0 Å². The summed E-state index contributed by atoms with van der Waals surface area (Å²) in [5, 5.41) is 5.54. The van der Waals surface area contributed by atoms with Gasteiger partial charge in [0.25, 0.3) is 0 Å². The number of hydrogen-bond acceptors (Lipinski definition) is 6. The molecule has 1 saturated carbocycles. The van der Waals surface area contributed by atoms with E-state index in [-0.39, 0.29) is 6.42 Å². The van der Waals surface area contributed by atoms with Gasteiger partial charge in [0.2, 0.25) is 5.91 Å². The lowest BCUT2D eigenvalue weighted by Gasteiger charge is -2.36. The molecular formula is C23H34N2O6. The zero-order chi connectivity index (χ0) is 23.1. The third-order valence-corrected chi connectivity index (χ3v) is 5.25. The van der Waals surface area contributed by atoms with E-state index in [0.29, 0.717) is 18.6 Å². The summed E-state index contributed by atoms with van der Waals surface area (Å²) >= 11 is 0. The Kier molecular flexibility index (Phi) is 8.30. The molecule has 2 amide bonds. The van der Waals surface area contributed by atoms with Gasteiger partial charge in [-0.25, -0.2) is 9.59 Å². The zero-order valence-corrected chi connectivity index (χ0v) is 19.1. The van der Waals surface area contributed by atoms with Gasteiger partial charge in [0.05, 0.1) is 14.2 Å². The highest BCUT2D eigenvalue weighted by atomic mass is 16.6. The quantitative estimate of drug-likeness (QED) is 0.639. The Morgan fingerprint density at radius 2 is 1.65 bits per heavy atom. The van der Waals surface area contributed by atoms with Gasteiger partial charge in [-0.2, -0.15) is 0 Å². The van der Waals surface area contributed by atoms with Gasteiger partial charge in [-0.1, -0.05) is 31.4 Å². The lowest BCUT2D eigenvalue weighted by Crippen LogP contribution is -2.61. The smallest absolute Gasteiger partial charge is 0.408 e. The predicted octanol–water partition coefficient (Wildman–Crippen LogP) is 3.12. The maximum atomic E-state index is 13.3. The van der Waals surface area contributed by atoms with Crippen LogP contribution < -0.4 is 15.4 Å². The first-order valence-electron chi connectivity index (χ1n) is 10.6. The van der Waals surface area contributed by atoms with Crippen LogP contribution in [-0.2, 0) is 25.5 Å². The van der Waals surface area contributed by atoms with Gasteiger partial charge in [0, 0.05) is 6.42 Å². The number of amides is 2. The lowest BCUT2D eigenvalue weighted by molar-refractivity contribution is -0.152. The monoisotopic (exact) mass is 434 g/mol. The average molecular weight is 435 g/mol. The van der Waals surface area contributed by atoms with E-state index >= 15 is 0 Å². The molecule has 1 aliphatic carbocycles. The summed E-state index contributed by atoms with van der Waals surface area (Å²) in [6.45, 7) is 5.25. The van der Waals surface area contributed by atoms with Crippen molar-refractivity contribution in [3.63, 3.8) is 0 Å². The fraction of sp³-hybridized carbons (Fsp3) is 0.609. The summed E-state index contributed by atoms with van der Waals surface area (Å²) in [6.07, 6.45) is 3.18. The van der Waals surface area contributed by atoms with Crippen molar-refractivity contribution in [1.82, 2.24) is 10.6 Å². The summed E-state index contributed by atoms with van der Waals surface area (Å²) in [4.78, 5) is 38.2. The van der Waals surface area contributed by atoms with Crippen molar-refractivity contribution in [2.45, 2.75) is 76.5 Å². The third-order valence-electron chi connectivity index (χ3n) is 5.25. The van der Waals surface area contributed by atoms with Crippen LogP contribution in [0.1, 0.15) is 58.4 Å². The number of benzene rings is 1. The van der Waals surface area contributed by atoms with Crippen molar-refractivity contribution in [1.29, 1.82) is 0 Å². The van der Waals surface area contributed by atoms with Crippen molar-refractivity contribution in [2.24, 2.45) is 0 Å². The minimum atomic E-state index is -1.07. The number of alkyl carbamates (subject to hydrolysis) is 1. The van der Waals surface area contributed by atoms with Gasteiger partial charge < -0.3 is 24.8 Å². The van der Waals surface area contributed by atoms with E-state index < -0.39 is 35.2 Å². The minimum Gasteiger partial charge on any atom is -0.497 e. The molecule has 0 aromatic heterocycles. The molecule has 0 saturated heterocycles. The van der Waals surface area contributed by atoms with Crippen LogP contribution in [0.2, 0.25) is 0 Å². The average Bonchev–Trinajstić information content (AvgIpc) is 2.72. The molecule has 0 aliphatic heterocycles. The van der Waals surface area contributed by atoms with Crippen LogP contribution in [0.5, 0.6) is 5.75 Å². The van der Waals surface area contributed by atoms with Crippen LogP contribution in [0.15, 0.2) is 24.3 Å². The Morgan fingerprint density at radius 3 is 2.16 bits per heavy atom. The van der Waals surface area contributed by atoms with Crippen molar-refractivity contribution < 1.29 is 28.6 Å². The maximum absolute atomic E-state index is 13.3. The molecule has 8 heteroatoms. The summed E-state index contributed by atoms with van der Waals surface area (Å²) < 4.78 is 15.5. The zero-order valence-electron chi connectivity index (χ0n) is 19.1. The highest BCUT2D eigenvalue weighted by Crippen LogP contribution is 2.29. The van der Waals surface area contributed by atoms with Gasteiger partial charge in [-0.05, 0) is 51.3 Å². The van der Waals surface area contributed by atoms with E-state index in [2.05, 4.69) is 10.6 Å². The number of methoxy groups -OCH3 is 2. The van der Waals surface area contributed by atoms with Crippen molar-refractivity contribution in [3.05, 3.63) is 29.8 Å². The molecule has 2 rings (SSSR count). The minimum absolute atomic E-state index is 0.228. The molecule has 8 nitrogen and oxygen atoms in total. The van der Waals surface area contributed by atoms with Crippen LogP contribution in [0.25, 0.3) is 0 Å². The summed E-state index contributed by atoms with van der Waals surface area (Å²) in [5.74, 6) is -0.216. The topological polar surface area (TPSA) is 103 Å². The number of hydrogen-bond donors (Lipinski definition) is 2. The number of rotatable bonds is 7. The fourth-order valence-electron chi connectivity index (χ4n) is 3.71. The van der Waals surface area contributed by atoms with Crippen molar-refractivity contribution in [2.75, 3.05) is 14.2 Å². The van der Waals surface area contributed by atoms with E-state index in [1.54, 1.807) is 40.0 Å². The molecule has 1 aromatic carbocycles. The lowest BCUT2D eigenvalue weighted by atomic mass is 9.81. The van der Waals surface area contributed by atoms with Gasteiger partial charge in [0.1, 0.15) is 22.9 Å². The second kappa shape index (κ2) is 10.5. The molecule has 0 bridgehead atoms. The SMILES string of the molecule is COC(=O)C1(NC(=O)[C@H](Cc2ccc(OC)cc2)NC(=O)OC(C)(C)C)CCCCC1. The van der Waals surface area contributed by atoms with Gasteiger partial charge in [-0.15, -0.1) is 0 Å². The van der Waals surface area contributed by atoms with Crippen molar-refractivity contribution in [3.8, 4) is 5.75 Å². The molecule has 0 spiro atoms. The van der Waals surface area contributed by atoms with Gasteiger partial charge in [0.15, 0.2) is 0 Å². The van der Waals surface area contributed by atoms with Crippen LogP contribution in [0, 0.1) is 0 Å². The van der Waals surface area contributed by atoms with E-state index in [1.165, 1.54) is 7.11 Å². The predicted molar refractivity (Wildman–Crippen MR) is 116 cm³/mol. The number of ether oxygens (including phenoxy) is 3. The largest absolute Gasteiger partial charge is 0.497 e. The molecule has 1 fully saturated rings. The first-order valence-corrected chi connectivity index (χ1v) is 10.6. The van der Waals surface area contributed by atoms with E-state index in [1.807, 2.05) is 12.1 Å². The number of esters is 1. The van der Waals surface area contributed by atoms with Crippen LogP contribution in [0.4, 0.5) is 4.79 Å². The van der Waals surface area contributed by atoms with E-state index in [0.717, 1.165) is 24.8 Å². The van der Waals surface area contributed by atoms with Gasteiger partial charge in [-0.3, -0.25) is 4.79 Å². The van der Waals surface area contributed by atoms with E-state index in [9.17, 15) is 14.4 Å². The molecule has 2 N–H and O–H groups in total. The standard InChI is InChI=1S/C23H34N2O6/c1-22(2,3)31-21(28)24-18(15-16-9-11-17(29-4)12-10-16)19(26)25-23(20(27)30-5)13-7-6-8-14-23/h9-12,18H,6-8,13-15H2,1-5H3,(H,24,28)(H,25,26)/t18-/m0/s1. The summed E-state index contributed by atoms with van der Waals surface area (Å²) in [7, 11) is 2.89. The highest BCUT2D eigenvalue weighted by molar-refractivity contribution is 5.92. The molecule has 1 aromatic rings. The molecule has 0 unspecified atom stereocenters. The first kappa shape index (κ1) is 24.5. The van der Waals surface area contributed by atoms with Crippen molar-refractivity contribution >= 4 is 18.0 Å². The second-order valence-corrected chi connectivity index (χ2v) is 8.87. The molecule has 1 aliphatic rings. The Labute approximate surface area is 184 Å². The van der Waals surface area contributed by atoms with Gasteiger partial charge >= 0.3 is 12.1 Å². The number of carbonyl (C=O) groups is 3. The Balaban J connectivity index is 2.22. The third kappa shape index (κ3) is 7.15. The normalized spacial score (nSPS) is 16.5. The van der Waals surface area contributed by atoms with Crippen LogP contribution in [-0.4, -0.2) is 49.4 Å². The molecular weight excluding hydrogens is 400 g/mol. The summed E-state index contributed by atoms with van der Waals surface area (Å²) in [6, 6.07) is 6.30. The molecule has 0 heterocycles. The molecule has 31 heavy (non-hydrogen) atoms. The molecule has 172 valence electrons. The summed E-state index contributed by atoms with van der Waals surface area (Å²) in [5.41, 5.74) is -0.951. The Bertz CT molecular complexity index is 763.